The molecule has 0 atom stereocenters. The zero-order valence-electron chi connectivity index (χ0n) is 4.70. The van der Waals surface area contributed by atoms with Crippen LogP contribution in [0.1, 0.15) is 12.8 Å². The molecule has 0 aromatic rings. The molecule has 0 aromatic carbocycles. The summed E-state index contributed by atoms with van der Waals surface area (Å²) in [7, 11) is 0. The zero-order chi connectivity index (χ0) is 5.49. The van der Waals surface area contributed by atoms with Crippen LogP contribution in [-0.2, 0) is 4.79 Å². The second-order valence-electron chi connectivity index (χ2n) is 1.79. The molecule has 1 saturated carbocycles. The van der Waals surface area contributed by atoms with Crippen molar-refractivity contribution in [1.82, 2.24) is 0 Å². The van der Waals surface area contributed by atoms with Crippen molar-refractivity contribution in [3.8, 4) is 0 Å². The second kappa shape index (κ2) is 2.75. The quantitative estimate of drug-likeness (QED) is 0.392. The SMILES string of the molecule is [K+].[NH-]C(=O)C1(F)CC1. The minimum atomic E-state index is -1.72. The third-order valence-corrected chi connectivity index (χ3v) is 1.10. The van der Waals surface area contributed by atoms with Crippen LogP contribution in [0.5, 0.6) is 0 Å². The molecule has 4 heteroatoms. The molecule has 1 N–H and O–H groups in total. The molecular weight excluding hydrogens is 136 g/mol. The molecular formula is C4H5FKNO. The van der Waals surface area contributed by atoms with Crippen LogP contribution in [-0.4, -0.2) is 11.6 Å². The van der Waals surface area contributed by atoms with Crippen molar-refractivity contribution in [1.29, 1.82) is 0 Å². The van der Waals surface area contributed by atoms with Gasteiger partial charge >= 0.3 is 51.4 Å². The van der Waals surface area contributed by atoms with Gasteiger partial charge in [-0.2, -0.15) is 0 Å². The van der Waals surface area contributed by atoms with E-state index in [4.69, 9.17) is 5.73 Å². The van der Waals surface area contributed by atoms with E-state index in [0.29, 0.717) is 0 Å². The Morgan fingerprint density at radius 1 is 1.62 bits per heavy atom. The molecule has 1 aliphatic rings. The maximum Gasteiger partial charge on any atom is 1.00 e. The Morgan fingerprint density at radius 2 is 2.00 bits per heavy atom. The Hall–Kier alpha value is 1.04. The molecule has 0 radical (unpaired) electrons. The van der Waals surface area contributed by atoms with E-state index >= 15 is 0 Å². The number of amides is 1. The molecule has 0 aromatic heterocycles. The van der Waals surface area contributed by atoms with E-state index in [1.807, 2.05) is 0 Å². The summed E-state index contributed by atoms with van der Waals surface area (Å²) in [5.41, 5.74) is 4.56. The predicted molar refractivity (Wildman–Crippen MR) is 22.4 cm³/mol. The van der Waals surface area contributed by atoms with Gasteiger partial charge in [-0.25, -0.2) is 4.39 Å². The molecule has 0 bridgehead atoms. The van der Waals surface area contributed by atoms with Crippen LogP contribution in [0.15, 0.2) is 0 Å². The van der Waals surface area contributed by atoms with Crippen LogP contribution in [0.2, 0.25) is 0 Å². The van der Waals surface area contributed by atoms with E-state index in [0.717, 1.165) is 0 Å². The van der Waals surface area contributed by atoms with Gasteiger partial charge in [-0.3, -0.25) is 0 Å². The summed E-state index contributed by atoms with van der Waals surface area (Å²) < 4.78 is 12.1. The summed E-state index contributed by atoms with van der Waals surface area (Å²) in [6, 6.07) is 0. The molecule has 8 heavy (non-hydrogen) atoms. The minimum absolute atomic E-state index is 0. The molecule has 0 unspecified atom stereocenters. The first-order chi connectivity index (χ1) is 3.15. The molecule has 1 aliphatic carbocycles. The van der Waals surface area contributed by atoms with Gasteiger partial charge in [0, 0.05) is 0 Å². The number of nitrogens with one attached hydrogen (secondary N) is 1. The van der Waals surface area contributed by atoms with E-state index in [2.05, 4.69) is 0 Å². The first kappa shape index (κ1) is 9.04. The van der Waals surface area contributed by atoms with E-state index in [1.165, 1.54) is 0 Å². The number of carbonyl (C=O) groups excluding carboxylic acids is 1. The average molecular weight is 141 g/mol. The Morgan fingerprint density at radius 3 is 2.00 bits per heavy atom. The molecule has 0 heterocycles. The summed E-state index contributed by atoms with van der Waals surface area (Å²) in [4.78, 5) is 9.82. The number of carbonyl (C=O) groups is 1. The van der Waals surface area contributed by atoms with E-state index in [-0.39, 0.29) is 64.2 Å². The monoisotopic (exact) mass is 141 g/mol. The van der Waals surface area contributed by atoms with Crippen LogP contribution < -0.4 is 51.4 Å². The third-order valence-electron chi connectivity index (χ3n) is 1.10. The topological polar surface area (TPSA) is 40.9 Å². The van der Waals surface area contributed by atoms with Crippen molar-refractivity contribution >= 4 is 5.91 Å². The van der Waals surface area contributed by atoms with Crippen molar-refractivity contribution in [3.63, 3.8) is 0 Å². The van der Waals surface area contributed by atoms with Crippen LogP contribution >= 0.6 is 0 Å². The van der Waals surface area contributed by atoms with Gasteiger partial charge < -0.3 is 10.5 Å². The fourth-order valence-corrected chi connectivity index (χ4v) is 0.337. The van der Waals surface area contributed by atoms with Crippen molar-refractivity contribution in [3.05, 3.63) is 5.73 Å². The molecule has 40 valence electrons. The zero-order valence-corrected chi connectivity index (χ0v) is 7.82. The largest absolute Gasteiger partial charge is 1.00 e. The normalized spacial score (nSPS) is 21.1. The van der Waals surface area contributed by atoms with Gasteiger partial charge in [0.25, 0.3) is 0 Å². The van der Waals surface area contributed by atoms with Crippen molar-refractivity contribution in [2.24, 2.45) is 0 Å². The van der Waals surface area contributed by atoms with Gasteiger partial charge in [0.2, 0.25) is 0 Å². The van der Waals surface area contributed by atoms with E-state index in [1.54, 1.807) is 0 Å². The smallest absolute Gasteiger partial charge is 0.665 e. The summed E-state index contributed by atoms with van der Waals surface area (Å²) in [5, 5.41) is 0. The molecule has 0 aliphatic heterocycles. The first-order valence-electron chi connectivity index (χ1n) is 2.10. The standard InChI is InChI=1S/C4H6FNO.K/c5-4(1-2-4)3(6)7;/h1-2H2,(H2,6,7);/q;+1/p-1. The first-order valence-corrected chi connectivity index (χ1v) is 2.10. The van der Waals surface area contributed by atoms with Crippen LogP contribution in [0.3, 0.4) is 0 Å². The summed E-state index contributed by atoms with van der Waals surface area (Å²) in [5.74, 6) is -1.06. The Balaban J connectivity index is 0.000000490. The molecule has 0 spiro atoms. The second-order valence-corrected chi connectivity index (χ2v) is 1.79. The molecule has 0 saturated heterocycles. The number of rotatable bonds is 1. The fourth-order valence-electron chi connectivity index (χ4n) is 0.337. The fraction of sp³-hybridized carbons (Fsp3) is 0.750. The molecule has 1 amide bonds. The number of hydrogen-bond donors (Lipinski definition) is 0. The summed E-state index contributed by atoms with van der Waals surface area (Å²) in [6.45, 7) is 0. The van der Waals surface area contributed by atoms with Crippen molar-refractivity contribution in [2.45, 2.75) is 18.5 Å². The van der Waals surface area contributed by atoms with Crippen LogP contribution in [0.4, 0.5) is 4.39 Å². The average Bonchev–Trinajstić information content (AvgIpc) is 2.21. The van der Waals surface area contributed by atoms with Gasteiger partial charge in [-0.05, 0) is 12.8 Å². The van der Waals surface area contributed by atoms with Gasteiger partial charge in [0.15, 0.2) is 5.67 Å². The van der Waals surface area contributed by atoms with Gasteiger partial charge in [-0.15, -0.1) is 0 Å². The maximum atomic E-state index is 12.1. The minimum Gasteiger partial charge on any atom is -0.665 e. The number of hydrogen-bond acceptors (Lipinski definition) is 1. The molecule has 2 nitrogen and oxygen atoms in total. The summed E-state index contributed by atoms with van der Waals surface area (Å²) in [6.07, 6.45) is 0.519. The van der Waals surface area contributed by atoms with Crippen molar-refractivity contribution < 1.29 is 60.6 Å². The molecule has 1 fully saturated rings. The molecule has 1 rings (SSSR count). The summed E-state index contributed by atoms with van der Waals surface area (Å²) >= 11 is 0. The predicted octanol–water partition coefficient (Wildman–Crippen LogP) is -1.93. The maximum absolute atomic E-state index is 12.1. The Labute approximate surface area is 89.4 Å². The van der Waals surface area contributed by atoms with Crippen LogP contribution in [0, 0.1) is 0 Å². The van der Waals surface area contributed by atoms with Crippen molar-refractivity contribution in [2.75, 3.05) is 0 Å². The third kappa shape index (κ3) is 1.77. The van der Waals surface area contributed by atoms with Gasteiger partial charge in [0.1, 0.15) is 0 Å². The van der Waals surface area contributed by atoms with Gasteiger partial charge in [-0.1, -0.05) is 0 Å². The van der Waals surface area contributed by atoms with E-state index < -0.39 is 11.6 Å². The van der Waals surface area contributed by atoms with Crippen LogP contribution in [0.25, 0.3) is 5.73 Å². The van der Waals surface area contributed by atoms with E-state index in [9.17, 15) is 9.18 Å². The Kier molecular flexibility index (Phi) is 3.10. The number of alkyl halides is 1. The Bertz CT molecular complexity index is 113. The van der Waals surface area contributed by atoms with Gasteiger partial charge in [0.05, 0.1) is 5.91 Å². The number of halogens is 1.